The maximum atomic E-state index is 11.7. The minimum atomic E-state index is -3.27. The van der Waals surface area contributed by atoms with Crippen molar-refractivity contribution in [1.82, 2.24) is 0 Å². The van der Waals surface area contributed by atoms with Crippen molar-refractivity contribution in [3.8, 4) is 0 Å². The molecule has 1 rings (SSSR count). The summed E-state index contributed by atoms with van der Waals surface area (Å²) in [6.45, 7) is 3.85. The molecule has 0 radical (unpaired) electrons. The number of hydrogen-bond acceptors (Lipinski definition) is 3. The Hall–Kier alpha value is -1.23. The van der Waals surface area contributed by atoms with Crippen LogP contribution in [0.15, 0.2) is 18.2 Å². The number of nitrogens with two attached hydrogens (primary N) is 1. The normalized spacial score (nSPS) is 11.4. The zero-order valence-corrected chi connectivity index (χ0v) is 10.5. The lowest BCUT2D eigenvalue weighted by Crippen LogP contribution is -2.17. The molecule has 0 heterocycles. The molecule has 0 unspecified atom stereocenters. The number of nitrogens with one attached hydrogen (secondary N) is 1. The van der Waals surface area contributed by atoms with E-state index in [9.17, 15) is 8.42 Å². The lowest BCUT2D eigenvalue weighted by molar-refractivity contribution is 0.598. The maximum absolute atomic E-state index is 11.7. The van der Waals surface area contributed by atoms with Crippen molar-refractivity contribution < 1.29 is 8.42 Å². The summed E-state index contributed by atoms with van der Waals surface area (Å²) < 4.78 is 25.8. The van der Waals surface area contributed by atoms with Gasteiger partial charge < -0.3 is 5.73 Å². The van der Waals surface area contributed by atoms with Crippen LogP contribution in [-0.2, 0) is 10.0 Å². The summed E-state index contributed by atoms with van der Waals surface area (Å²) in [6, 6.07) is 5.28. The lowest BCUT2D eigenvalue weighted by atomic mass is 10.2. The second-order valence-corrected chi connectivity index (χ2v) is 5.71. The van der Waals surface area contributed by atoms with Crippen molar-refractivity contribution >= 4 is 21.4 Å². The molecule has 0 saturated heterocycles. The number of sulfonamides is 1. The Morgan fingerprint density at radius 1 is 1.38 bits per heavy atom. The Balaban J connectivity index is 2.83. The molecule has 0 atom stereocenters. The molecular weight excluding hydrogens is 224 g/mol. The van der Waals surface area contributed by atoms with Crippen molar-refractivity contribution in [2.75, 3.05) is 16.2 Å². The number of aryl methyl sites for hydroxylation is 1. The second-order valence-electron chi connectivity index (χ2n) is 3.87. The summed E-state index contributed by atoms with van der Waals surface area (Å²) in [4.78, 5) is 0. The molecule has 0 saturated carbocycles. The van der Waals surface area contributed by atoms with E-state index in [-0.39, 0.29) is 5.75 Å². The van der Waals surface area contributed by atoms with E-state index in [0.29, 0.717) is 17.8 Å². The number of benzene rings is 1. The van der Waals surface area contributed by atoms with E-state index in [0.717, 1.165) is 12.0 Å². The predicted octanol–water partition coefficient (Wildman–Crippen LogP) is 2.12. The van der Waals surface area contributed by atoms with Crippen LogP contribution in [0.3, 0.4) is 0 Å². The summed E-state index contributed by atoms with van der Waals surface area (Å²) in [6.07, 6.45) is 1.51. The quantitative estimate of drug-likeness (QED) is 0.777. The van der Waals surface area contributed by atoms with Crippen LogP contribution in [0.25, 0.3) is 0 Å². The van der Waals surface area contributed by atoms with Gasteiger partial charge in [-0.15, -0.1) is 0 Å². The number of rotatable bonds is 5. The second kappa shape index (κ2) is 5.21. The molecule has 16 heavy (non-hydrogen) atoms. The van der Waals surface area contributed by atoms with Crippen molar-refractivity contribution in [2.45, 2.75) is 26.7 Å². The van der Waals surface area contributed by atoms with Crippen LogP contribution in [0.4, 0.5) is 11.4 Å². The summed E-state index contributed by atoms with van der Waals surface area (Å²) in [5.41, 5.74) is 7.59. The van der Waals surface area contributed by atoms with E-state index in [1.54, 1.807) is 12.1 Å². The summed E-state index contributed by atoms with van der Waals surface area (Å²) in [5, 5.41) is 0. The van der Waals surface area contributed by atoms with Gasteiger partial charge in [-0.25, -0.2) is 8.42 Å². The van der Waals surface area contributed by atoms with Crippen LogP contribution in [0, 0.1) is 6.92 Å². The van der Waals surface area contributed by atoms with E-state index in [1.165, 1.54) is 0 Å². The zero-order chi connectivity index (χ0) is 12.2. The molecule has 0 bridgehead atoms. The molecule has 3 N–H and O–H groups in total. The van der Waals surface area contributed by atoms with Crippen LogP contribution < -0.4 is 10.5 Å². The molecule has 0 aliphatic carbocycles. The van der Waals surface area contributed by atoms with Gasteiger partial charge in [0.2, 0.25) is 10.0 Å². The molecule has 1 aromatic rings. The highest BCUT2D eigenvalue weighted by Gasteiger charge is 2.11. The highest BCUT2D eigenvalue weighted by Crippen LogP contribution is 2.21. The first-order chi connectivity index (χ1) is 7.44. The third kappa shape index (κ3) is 3.73. The van der Waals surface area contributed by atoms with Gasteiger partial charge in [0.1, 0.15) is 0 Å². The molecule has 0 amide bonds. The highest BCUT2D eigenvalue weighted by atomic mass is 32.2. The fourth-order valence-electron chi connectivity index (χ4n) is 1.31. The van der Waals surface area contributed by atoms with Crippen molar-refractivity contribution in [3.63, 3.8) is 0 Å². The fourth-order valence-corrected chi connectivity index (χ4v) is 2.59. The van der Waals surface area contributed by atoms with Crippen LogP contribution in [0.1, 0.15) is 25.3 Å². The lowest BCUT2D eigenvalue weighted by Gasteiger charge is -2.10. The Bertz CT molecular complexity index is 455. The largest absolute Gasteiger partial charge is 0.397 e. The van der Waals surface area contributed by atoms with Gasteiger partial charge >= 0.3 is 0 Å². The number of unbranched alkanes of at least 4 members (excludes halogenated alkanes) is 1. The maximum Gasteiger partial charge on any atom is 0.232 e. The molecule has 1 aromatic carbocycles. The predicted molar refractivity (Wildman–Crippen MR) is 67.9 cm³/mol. The zero-order valence-electron chi connectivity index (χ0n) is 9.66. The first-order valence-corrected chi connectivity index (χ1v) is 6.96. The SMILES string of the molecule is CCCCS(=O)(=O)Nc1cc(C)ccc1N. The van der Waals surface area contributed by atoms with Crippen molar-refractivity contribution in [1.29, 1.82) is 0 Å². The van der Waals surface area contributed by atoms with Gasteiger partial charge in [-0.05, 0) is 31.0 Å². The van der Waals surface area contributed by atoms with E-state index in [1.807, 2.05) is 19.9 Å². The first kappa shape index (κ1) is 12.8. The number of nitrogen functional groups attached to an aromatic ring is 1. The minimum absolute atomic E-state index is 0.136. The van der Waals surface area contributed by atoms with Gasteiger partial charge in [0.15, 0.2) is 0 Å². The van der Waals surface area contributed by atoms with Gasteiger partial charge in [0.05, 0.1) is 17.1 Å². The average molecular weight is 242 g/mol. The van der Waals surface area contributed by atoms with Crippen LogP contribution in [0.2, 0.25) is 0 Å². The monoisotopic (exact) mass is 242 g/mol. The summed E-state index contributed by atoms with van der Waals surface area (Å²) in [5.74, 6) is 0.136. The summed E-state index contributed by atoms with van der Waals surface area (Å²) >= 11 is 0. The van der Waals surface area contributed by atoms with E-state index >= 15 is 0 Å². The topological polar surface area (TPSA) is 72.2 Å². The molecule has 0 aromatic heterocycles. The third-order valence-corrected chi connectivity index (χ3v) is 3.60. The summed E-state index contributed by atoms with van der Waals surface area (Å²) in [7, 11) is -3.27. The Labute approximate surface area is 96.9 Å². The Morgan fingerprint density at radius 3 is 2.69 bits per heavy atom. The average Bonchev–Trinajstić information content (AvgIpc) is 2.20. The van der Waals surface area contributed by atoms with Gasteiger partial charge in [0, 0.05) is 0 Å². The molecule has 0 spiro atoms. The van der Waals surface area contributed by atoms with Crippen molar-refractivity contribution in [3.05, 3.63) is 23.8 Å². The van der Waals surface area contributed by atoms with Crippen LogP contribution in [0.5, 0.6) is 0 Å². The Morgan fingerprint density at radius 2 is 2.06 bits per heavy atom. The minimum Gasteiger partial charge on any atom is -0.397 e. The molecular formula is C11H18N2O2S. The number of anilines is 2. The molecule has 0 fully saturated rings. The van der Waals surface area contributed by atoms with E-state index < -0.39 is 10.0 Å². The van der Waals surface area contributed by atoms with E-state index in [2.05, 4.69) is 4.72 Å². The molecule has 4 nitrogen and oxygen atoms in total. The molecule has 0 aliphatic heterocycles. The third-order valence-electron chi connectivity index (χ3n) is 2.24. The highest BCUT2D eigenvalue weighted by molar-refractivity contribution is 7.92. The molecule has 0 aliphatic rings. The van der Waals surface area contributed by atoms with Crippen molar-refractivity contribution in [2.24, 2.45) is 0 Å². The Kier molecular flexibility index (Phi) is 4.18. The fraction of sp³-hybridized carbons (Fsp3) is 0.455. The first-order valence-electron chi connectivity index (χ1n) is 5.31. The van der Waals surface area contributed by atoms with Gasteiger partial charge in [0.25, 0.3) is 0 Å². The smallest absolute Gasteiger partial charge is 0.232 e. The van der Waals surface area contributed by atoms with Gasteiger partial charge in [-0.3, -0.25) is 4.72 Å². The van der Waals surface area contributed by atoms with Gasteiger partial charge in [-0.1, -0.05) is 19.4 Å². The van der Waals surface area contributed by atoms with Crippen LogP contribution in [-0.4, -0.2) is 14.2 Å². The number of hydrogen-bond donors (Lipinski definition) is 2. The molecule has 5 heteroatoms. The standard InChI is InChI=1S/C11H18N2O2S/c1-3-4-7-16(14,15)13-11-8-9(2)5-6-10(11)12/h5-6,8,13H,3-4,7,12H2,1-2H3. The van der Waals surface area contributed by atoms with Gasteiger partial charge in [-0.2, -0.15) is 0 Å². The molecule has 90 valence electrons. The van der Waals surface area contributed by atoms with E-state index in [4.69, 9.17) is 5.73 Å². The van der Waals surface area contributed by atoms with Crippen LogP contribution >= 0.6 is 0 Å².